The monoisotopic (exact) mass is 444 g/mol. The average molecular weight is 444 g/mol. The zero-order chi connectivity index (χ0) is 23.4. The zero-order valence-electron chi connectivity index (χ0n) is 15.6. The third kappa shape index (κ3) is 4.32. The SMILES string of the molecule is C=CC(=O)Oc1ccccc1C(c1ccccc1OC(=O)C=C)(C(F)(F)F)C(F)(F)F. The molecule has 0 unspecified atom stereocenters. The van der Waals surface area contributed by atoms with E-state index < -0.39 is 52.3 Å². The minimum Gasteiger partial charge on any atom is -0.423 e. The average Bonchev–Trinajstić information content (AvgIpc) is 2.68. The van der Waals surface area contributed by atoms with Gasteiger partial charge in [-0.15, -0.1) is 0 Å². The summed E-state index contributed by atoms with van der Waals surface area (Å²) in [6.07, 6.45) is -10.8. The van der Waals surface area contributed by atoms with Crippen LogP contribution in [0.2, 0.25) is 0 Å². The van der Waals surface area contributed by atoms with Crippen molar-refractivity contribution in [2.75, 3.05) is 0 Å². The maximum atomic E-state index is 14.4. The van der Waals surface area contributed by atoms with Crippen LogP contribution in [0.4, 0.5) is 26.3 Å². The molecule has 0 saturated carbocycles. The van der Waals surface area contributed by atoms with Crippen molar-refractivity contribution in [3.63, 3.8) is 0 Å². The molecule has 0 fully saturated rings. The van der Waals surface area contributed by atoms with Crippen molar-refractivity contribution in [3.8, 4) is 11.5 Å². The molecule has 0 amide bonds. The first-order valence-electron chi connectivity index (χ1n) is 8.41. The van der Waals surface area contributed by atoms with E-state index in [0.29, 0.717) is 24.3 Å². The Bertz CT molecular complexity index is 926. The summed E-state index contributed by atoms with van der Waals surface area (Å²) in [4.78, 5) is 23.1. The number of esters is 2. The third-order valence-corrected chi connectivity index (χ3v) is 4.19. The number of benzene rings is 2. The molecule has 10 heteroatoms. The van der Waals surface area contributed by atoms with E-state index in [1.54, 1.807) is 0 Å². The van der Waals surface area contributed by atoms with Crippen molar-refractivity contribution in [1.29, 1.82) is 0 Å². The van der Waals surface area contributed by atoms with Gasteiger partial charge in [-0.3, -0.25) is 0 Å². The Hall–Kier alpha value is -3.56. The summed E-state index contributed by atoms with van der Waals surface area (Å²) in [5, 5.41) is 0. The lowest BCUT2D eigenvalue weighted by Gasteiger charge is -2.39. The van der Waals surface area contributed by atoms with Crippen LogP contribution < -0.4 is 9.47 Å². The Morgan fingerprint density at radius 1 is 0.677 bits per heavy atom. The molecule has 0 aliphatic carbocycles. The van der Waals surface area contributed by atoms with Gasteiger partial charge in [0.25, 0.3) is 0 Å². The van der Waals surface area contributed by atoms with Crippen LogP contribution in [-0.4, -0.2) is 24.3 Å². The Morgan fingerprint density at radius 3 is 1.29 bits per heavy atom. The van der Waals surface area contributed by atoms with Gasteiger partial charge in [0.05, 0.1) is 0 Å². The van der Waals surface area contributed by atoms with Crippen LogP contribution >= 0.6 is 0 Å². The van der Waals surface area contributed by atoms with Gasteiger partial charge in [-0.1, -0.05) is 49.6 Å². The first kappa shape index (κ1) is 23.7. The molecule has 2 aromatic rings. The van der Waals surface area contributed by atoms with Crippen LogP contribution in [0.1, 0.15) is 11.1 Å². The summed E-state index contributed by atoms with van der Waals surface area (Å²) < 4.78 is 95.7. The maximum absolute atomic E-state index is 14.4. The van der Waals surface area contributed by atoms with Crippen molar-refractivity contribution in [2.24, 2.45) is 0 Å². The lowest BCUT2D eigenvalue weighted by Crippen LogP contribution is -2.55. The van der Waals surface area contributed by atoms with Gasteiger partial charge in [0.2, 0.25) is 5.41 Å². The van der Waals surface area contributed by atoms with Crippen molar-refractivity contribution in [1.82, 2.24) is 0 Å². The molecule has 0 saturated heterocycles. The number of rotatable bonds is 6. The molecular formula is C21H14F6O4. The van der Waals surface area contributed by atoms with Crippen molar-refractivity contribution >= 4 is 11.9 Å². The number of carbonyl (C=O) groups excluding carboxylic acids is 2. The second-order valence-corrected chi connectivity index (χ2v) is 5.99. The summed E-state index contributed by atoms with van der Waals surface area (Å²) in [6, 6.07) is 6.64. The quantitative estimate of drug-likeness (QED) is 0.263. The fourth-order valence-electron chi connectivity index (χ4n) is 2.95. The lowest BCUT2D eigenvalue weighted by atomic mass is 9.72. The van der Waals surface area contributed by atoms with Crippen LogP contribution in [0.15, 0.2) is 73.8 Å². The van der Waals surface area contributed by atoms with Gasteiger partial charge < -0.3 is 9.47 Å². The zero-order valence-corrected chi connectivity index (χ0v) is 15.6. The number of halogens is 6. The first-order chi connectivity index (χ1) is 14.4. The minimum absolute atomic E-state index is 0.527. The molecule has 0 radical (unpaired) electrons. The molecule has 0 heterocycles. The van der Waals surface area contributed by atoms with E-state index in [-0.39, 0.29) is 0 Å². The van der Waals surface area contributed by atoms with E-state index in [1.807, 2.05) is 0 Å². The number of carbonyl (C=O) groups is 2. The highest BCUT2D eigenvalue weighted by Gasteiger charge is 2.74. The molecule has 164 valence electrons. The molecule has 0 spiro atoms. The van der Waals surface area contributed by atoms with Crippen LogP contribution in [-0.2, 0) is 15.0 Å². The summed E-state index contributed by atoms with van der Waals surface area (Å²) in [7, 11) is 0. The molecule has 2 rings (SSSR count). The van der Waals surface area contributed by atoms with Crippen LogP contribution in [0.25, 0.3) is 0 Å². The van der Waals surface area contributed by atoms with E-state index >= 15 is 0 Å². The predicted molar refractivity (Wildman–Crippen MR) is 97.4 cm³/mol. The standard InChI is InChI=1S/C21H14F6O4/c1-3-17(28)30-15-11-7-5-9-13(15)19(20(22,23)24,21(25,26)27)14-10-6-8-12-16(14)31-18(29)4-2/h3-12H,1-2H2. The number of para-hydroxylation sites is 2. The molecule has 0 aliphatic heterocycles. The highest BCUT2D eigenvalue weighted by atomic mass is 19.4. The fraction of sp³-hybridized carbons (Fsp3) is 0.143. The lowest BCUT2D eigenvalue weighted by molar-refractivity contribution is -0.289. The summed E-state index contributed by atoms with van der Waals surface area (Å²) in [5.41, 5.74) is -7.56. The van der Waals surface area contributed by atoms with Crippen LogP contribution in [0, 0.1) is 0 Å². The van der Waals surface area contributed by atoms with E-state index in [1.165, 1.54) is 0 Å². The predicted octanol–water partition coefficient (Wildman–Crippen LogP) is 5.28. The maximum Gasteiger partial charge on any atom is 0.411 e. The molecule has 2 aromatic carbocycles. The third-order valence-electron chi connectivity index (χ3n) is 4.19. The highest BCUT2D eigenvalue weighted by Crippen LogP contribution is 2.59. The number of hydrogen-bond donors (Lipinski definition) is 0. The smallest absolute Gasteiger partial charge is 0.411 e. The normalized spacial score (nSPS) is 12.1. The van der Waals surface area contributed by atoms with Gasteiger partial charge in [-0.05, 0) is 12.1 Å². The Kier molecular flexibility index (Phi) is 6.63. The summed E-state index contributed by atoms with van der Waals surface area (Å²) >= 11 is 0. The number of hydrogen-bond acceptors (Lipinski definition) is 4. The molecule has 31 heavy (non-hydrogen) atoms. The summed E-state index contributed by atoms with van der Waals surface area (Å²) in [6.45, 7) is 6.15. The Morgan fingerprint density at radius 2 is 1.00 bits per heavy atom. The molecule has 0 aliphatic rings. The molecular weight excluding hydrogens is 430 g/mol. The second kappa shape index (κ2) is 8.66. The Labute approximate surface area is 172 Å². The van der Waals surface area contributed by atoms with E-state index in [0.717, 1.165) is 36.4 Å². The Balaban J connectivity index is 3.01. The highest BCUT2D eigenvalue weighted by molar-refractivity contribution is 5.84. The molecule has 0 atom stereocenters. The minimum atomic E-state index is -6.00. The first-order valence-corrected chi connectivity index (χ1v) is 8.41. The topological polar surface area (TPSA) is 52.6 Å². The van der Waals surface area contributed by atoms with E-state index in [9.17, 15) is 35.9 Å². The summed E-state index contributed by atoms with van der Waals surface area (Å²) in [5.74, 6) is -4.52. The van der Waals surface area contributed by atoms with Gasteiger partial charge in [0.15, 0.2) is 0 Å². The van der Waals surface area contributed by atoms with Crippen LogP contribution in [0.3, 0.4) is 0 Å². The van der Waals surface area contributed by atoms with Gasteiger partial charge in [0, 0.05) is 23.3 Å². The fourth-order valence-corrected chi connectivity index (χ4v) is 2.95. The number of alkyl halides is 6. The molecule has 0 aromatic heterocycles. The second-order valence-electron chi connectivity index (χ2n) is 5.99. The van der Waals surface area contributed by atoms with E-state index in [4.69, 9.17) is 0 Å². The largest absolute Gasteiger partial charge is 0.423 e. The van der Waals surface area contributed by atoms with Gasteiger partial charge >= 0.3 is 24.3 Å². The molecule has 4 nitrogen and oxygen atoms in total. The van der Waals surface area contributed by atoms with Gasteiger partial charge in [-0.25, -0.2) is 9.59 Å². The van der Waals surface area contributed by atoms with E-state index in [2.05, 4.69) is 22.6 Å². The van der Waals surface area contributed by atoms with Gasteiger partial charge in [0.1, 0.15) is 11.5 Å². The molecule has 0 N–H and O–H groups in total. The van der Waals surface area contributed by atoms with Crippen molar-refractivity contribution in [2.45, 2.75) is 17.8 Å². The van der Waals surface area contributed by atoms with Gasteiger partial charge in [-0.2, -0.15) is 26.3 Å². The van der Waals surface area contributed by atoms with Crippen molar-refractivity contribution < 1.29 is 45.4 Å². The molecule has 0 bridgehead atoms. The van der Waals surface area contributed by atoms with Crippen LogP contribution in [0.5, 0.6) is 11.5 Å². The number of ether oxygens (including phenoxy) is 2. The van der Waals surface area contributed by atoms with Crippen molar-refractivity contribution in [3.05, 3.63) is 85.0 Å².